The zero-order valence-corrected chi connectivity index (χ0v) is 18.1. The van der Waals surface area contributed by atoms with Gasteiger partial charge < -0.3 is 14.5 Å². The summed E-state index contributed by atoms with van der Waals surface area (Å²) in [7, 11) is 0. The molecule has 1 fully saturated rings. The Bertz CT molecular complexity index is 1430. The molecule has 0 bridgehead atoms. The third-order valence-electron chi connectivity index (χ3n) is 6.00. The summed E-state index contributed by atoms with van der Waals surface area (Å²) < 4.78 is 19.3. The van der Waals surface area contributed by atoms with Crippen molar-refractivity contribution in [1.82, 2.24) is 9.97 Å². The number of furan rings is 1. The number of Topliss-reactive ketones (excluding diaryl/α,β-unsaturated/α-hetero) is 1. The third kappa shape index (κ3) is 3.22. The van der Waals surface area contributed by atoms with E-state index in [1.807, 2.05) is 26.0 Å². The largest absolute Gasteiger partial charge is 0.507 e. The van der Waals surface area contributed by atoms with Crippen LogP contribution in [0.4, 0.5) is 10.3 Å². The van der Waals surface area contributed by atoms with Gasteiger partial charge in [-0.05, 0) is 79.9 Å². The second-order valence-electron chi connectivity index (χ2n) is 8.16. The van der Waals surface area contributed by atoms with Crippen molar-refractivity contribution >= 4 is 34.4 Å². The van der Waals surface area contributed by atoms with Gasteiger partial charge in [0.1, 0.15) is 23.4 Å². The summed E-state index contributed by atoms with van der Waals surface area (Å²) in [6.45, 7) is 5.48. The van der Waals surface area contributed by atoms with Crippen molar-refractivity contribution in [3.05, 3.63) is 88.1 Å². The summed E-state index contributed by atoms with van der Waals surface area (Å²) in [4.78, 5) is 35.1. The lowest BCUT2D eigenvalue weighted by atomic mass is 9.98. The van der Waals surface area contributed by atoms with Crippen LogP contribution in [0, 0.1) is 26.6 Å². The van der Waals surface area contributed by atoms with E-state index in [1.165, 1.54) is 29.4 Å². The van der Waals surface area contributed by atoms with Crippen LogP contribution in [-0.2, 0) is 9.59 Å². The molecule has 33 heavy (non-hydrogen) atoms. The van der Waals surface area contributed by atoms with Crippen LogP contribution in [0.1, 0.15) is 34.1 Å². The van der Waals surface area contributed by atoms with Gasteiger partial charge in [0.15, 0.2) is 0 Å². The van der Waals surface area contributed by atoms with Gasteiger partial charge in [0.05, 0.1) is 22.9 Å². The lowest BCUT2D eigenvalue weighted by Gasteiger charge is -2.20. The number of aliphatic hydroxyl groups excluding tert-OH is 1. The number of carbonyl (C=O) groups excluding carboxylic acids is 2. The molecule has 0 radical (unpaired) electrons. The van der Waals surface area contributed by atoms with Gasteiger partial charge in [-0.25, -0.2) is 9.37 Å². The summed E-state index contributed by atoms with van der Waals surface area (Å²) in [5.74, 6) is -2.16. The molecule has 2 aromatic heterocycles. The number of nitrogens with zero attached hydrogens (tertiary/aromatic N) is 2. The van der Waals surface area contributed by atoms with Crippen molar-refractivity contribution in [3.8, 4) is 0 Å². The number of hydrogen-bond donors (Lipinski definition) is 2. The Morgan fingerprint density at radius 2 is 1.85 bits per heavy atom. The molecule has 2 aromatic carbocycles. The lowest BCUT2D eigenvalue weighted by Crippen LogP contribution is -2.30. The van der Waals surface area contributed by atoms with Crippen molar-refractivity contribution in [2.75, 3.05) is 4.90 Å². The molecule has 5 rings (SSSR count). The highest BCUT2D eigenvalue weighted by Crippen LogP contribution is 2.42. The molecule has 166 valence electrons. The number of hydrogen-bond acceptors (Lipinski definition) is 5. The molecule has 1 amide bonds. The van der Waals surface area contributed by atoms with Crippen LogP contribution in [0.3, 0.4) is 0 Å². The van der Waals surface area contributed by atoms with Gasteiger partial charge in [-0.15, -0.1) is 0 Å². The predicted molar refractivity (Wildman–Crippen MR) is 120 cm³/mol. The van der Waals surface area contributed by atoms with Crippen molar-refractivity contribution in [2.45, 2.75) is 26.8 Å². The van der Waals surface area contributed by atoms with E-state index in [9.17, 15) is 19.1 Å². The second kappa shape index (κ2) is 7.44. The molecule has 2 N–H and O–H groups in total. The Morgan fingerprint density at radius 3 is 2.55 bits per heavy atom. The Morgan fingerprint density at radius 1 is 1.09 bits per heavy atom. The molecule has 1 saturated heterocycles. The van der Waals surface area contributed by atoms with E-state index < -0.39 is 29.3 Å². The van der Waals surface area contributed by atoms with Gasteiger partial charge in [0.25, 0.3) is 5.78 Å². The average Bonchev–Trinajstić information content (AvgIpc) is 3.49. The zero-order chi connectivity index (χ0) is 23.4. The second-order valence-corrected chi connectivity index (χ2v) is 8.16. The number of nitrogens with one attached hydrogen (secondary N) is 1. The third-order valence-corrected chi connectivity index (χ3v) is 6.00. The van der Waals surface area contributed by atoms with Crippen LogP contribution in [0.15, 0.2) is 58.7 Å². The van der Waals surface area contributed by atoms with Gasteiger partial charge in [0, 0.05) is 5.56 Å². The summed E-state index contributed by atoms with van der Waals surface area (Å²) in [5, 5.41) is 11.1. The molecular weight excluding hydrogens is 425 g/mol. The minimum absolute atomic E-state index is 0.159. The van der Waals surface area contributed by atoms with Gasteiger partial charge in [-0.3, -0.25) is 14.5 Å². The van der Waals surface area contributed by atoms with E-state index in [-0.39, 0.29) is 22.8 Å². The summed E-state index contributed by atoms with van der Waals surface area (Å²) in [6.07, 6.45) is 1.42. The molecule has 7 nitrogen and oxygen atoms in total. The molecule has 1 atom stereocenters. The molecule has 1 unspecified atom stereocenters. The lowest BCUT2D eigenvalue weighted by molar-refractivity contribution is -0.132. The highest BCUT2D eigenvalue weighted by atomic mass is 19.1. The van der Waals surface area contributed by atoms with Crippen molar-refractivity contribution in [3.63, 3.8) is 0 Å². The molecule has 3 heterocycles. The predicted octanol–water partition coefficient (Wildman–Crippen LogP) is 4.85. The first-order valence-electron chi connectivity index (χ1n) is 10.3. The Labute approximate surface area is 188 Å². The SMILES string of the molecule is Cc1cc2nc(N3C(=O)C(=O)/C(=C(/O)c4ccc(F)c(C)c4)C3c3ccco3)[nH]c2cc1C. The fourth-order valence-corrected chi connectivity index (χ4v) is 4.08. The summed E-state index contributed by atoms with van der Waals surface area (Å²) >= 11 is 0. The maximum atomic E-state index is 13.8. The summed E-state index contributed by atoms with van der Waals surface area (Å²) in [5.41, 5.74) is 3.80. The molecule has 1 aliphatic heterocycles. The van der Waals surface area contributed by atoms with Gasteiger partial charge in [0.2, 0.25) is 5.95 Å². The number of H-pyrrole nitrogens is 1. The monoisotopic (exact) mass is 445 g/mol. The molecule has 0 spiro atoms. The first-order valence-corrected chi connectivity index (χ1v) is 10.3. The van der Waals surface area contributed by atoms with E-state index in [0.717, 1.165) is 11.1 Å². The molecule has 0 saturated carbocycles. The number of fused-ring (bicyclic) bond motifs is 1. The number of aromatic nitrogens is 2. The number of halogens is 1. The Kier molecular flexibility index (Phi) is 4.67. The number of aromatic amines is 1. The molecular formula is C25H20FN3O4. The number of amides is 1. The average molecular weight is 445 g/mol. The van der Waals surface area contributed by atoms with E-state index in [4.69, 9.17) is 4.42 Å². The van der Waals surface area contributed by atoms with Crippen LogP contribution in [0.2, 0.25) is 0 Å². The standard InChI is InChI=1S/C25H20FN3O4/c1-12-10-17-18(11-13(12)2)28-25(27-17)29-21(19-5-4-8-33-19)20(23(31)24(29)32)22(30)15-6-7-16(26)14(3)9-15/h4-11,21,30H,1-3H3,(H,27,28)/b22-20+. The Hall–Kier alpha value is -4.20. The van der Waals surface area contributed by atoms with Crippen molar-refractivity contribution in [2.24, 2.45) is 0 Å². The van der Waals surface area contributed by atoms with E-state index in [0.29, 0.717) is 16.6 Å². The fourth-order valence-electron chi connectivity index (χ4n) is 4.08. The van der Waals surface area contributed by atoms with E-state index in [2.05, 4.69) is 9.97 Å². The zero-order valence-electron chi connectivity index (χ0n) is 18.1. The number of carbonyl (C=O) groups is 2. The van der Waals surface area contributed by atoms with Gasteiger partial charge >= 0.3 is 5.91 Å². The van der Waals surface area contributed by atoms with Crippen LogP contribution in [0.5, 0.6) is 0 Å². The van der Waals surface area contributed by atoms with Crippen LogP contribution in [-0.4, -0.2) is 26.8 Å². The molecule has 4 aromatic rings. The minimum atomic E-state index is -1.05. The number of anilines is 1. The number of aliphatic hydroxyl groups is 1. The van der Waals surface area contributed by atoms with Crippen molar-refractivity contribution in [1.29, 1.82) is 0 Å². The maximum Gasteiger partial charge on any atom is 0.302 e. The fraction of sp³-hybridized carbons (Fsp3) is 0.160. The first-order chi connectivity index (χ1) is 15.8. The van der Waals surface area contributed by atoms with Crippen LogP contribution >= 0.6 is 0 Å². The van der Waals surface area contributed by atoms with Crippen LogP contribution < -0.4 is 4.90 Å². The quantitative estimate of drug-likeness (QED) is 0.267. The first kappa shape index (κ1) is 20.7. The van der Waals surface area contributed by atoms with E-state index >= 15 is 0 Å². The number of rotatable bonds is 3. The van der Waals surface area contributed by atoms with Crippen LogP contribution in [0.25, 0.3) is 16.8 Å². The number of ketones is 1. The maximum absolute atomic E-state index is 13.8. The smallest absolute Gasteiger partial charge is 0.302 e. The summed E-state index contributed by atoms with van der Waals surface area (Å²) in [6, 6.07) is 9.98. The van der Waals surface area contributed by atoms with Gasteiger partial charge in [-0.2, -0.15) is 0 Å². The van der Waals surface area contributed by atoms with Gasteiger partial charge in [-0.1, -0.05) is 0 Å². The number of benzene rings is 2. The highest BCUT2D eigenvalue weighted by Gasteiger charge is 2.49. The number of aryl methyl sites for hydroxylation is 3. The highest BCUT2D eigenvalue weighted by molar-refractivity contribution is 6.51. The minimum Gasteiger partial charge on any atom is -0.507 e. The topological polar surface area (TPSA) is 99.4 Å². The Balaban J connectivity index is 1.71. The number of imidazole rings is 1. The molecule has 0 aliphatic carbocycles. The molecule has 8 heteroatoms. The normalized spacial score (nSPS) is 17.9. The van der Waals surface area contributed by atoms with Crippen molar-refractivity contribution < 1.29 is 23.5 Å². The van der Waals surface area contributed by atoms with E-state index in [1.54, 1.807) is 19.1 Å². The molecule has 1 aliphatic rings.